The molecule has 0 spiro atoms. The highest BCUT2D eigenvalue weighted by atomic mass is 19.4. The third kappa shape index (κ3) is 4.90. The van der Waals surface area contributed by atoms with Gasteiger partial charge in [-0.25, -0.2) is 0 Å². The molecule has 3 nitrogen and oxygen atoms in total. The second kappa shape index (κ2) is 5.57. The minimum atomic E-state index is -4.73. The molecule has 1 rings (SSSR count). The highest BCUT2D eigenvalue weighted by Gasteiger charge is 2.30. The summed E-state index contributed by atoms with van der Waals surface area (Å²) in [6, 6.07) is 4.77. The van der Waals surface area contributed by atoms with Crippen LogP contribution >= 0.6 is 0 Å². The van der Waals surface area contributed by atoms with Crippen LogP contribution in [0.2, 0.25) is 0 Å². The maximum Gasteiger partial charge on any atom is 0.573 e. The largest absolute Gasteiger partial charge is 0.573 e. The molecule has 0 unspecified atom stereocenters. The van der Waals surface area contributed by atoms with Gasteiger partial charge in [0.15, 0.2) is 5.78 Å². The summed E-state index contributed by atoms with van der Waals surface area (Å²) >= 11 is 0. The molecule has 6 heteroatoms. The second-order valence-corrected chi connectivity index (χ2v) is 3.72. The summed E-state index contributed by atoms with van der Waals surface area (Å²) in [7, 11) is 3.51. The molecule has 0 saturated heterocycles. The van der Waals surface area contributed by atoms with Crippen molar-refractivity contribution in [1.29, 1.82) is 0 Å². The first-order valence-electron chi connectivity index (χ1n) is 5.03. The highest BCUT2D eigenvalue weighted by Crippen LogP contribution is 2.22. The monoisotopic (exact) mass is 259 g/mol. The Balaban J connectivity index is 2.74. The number of carbonyl (C=O) groups is 1. The molecular formula is C12H12F3NO2. The van der Waals surface area contributed by atoms with E-state index in [4.69, 9.17) is 0 Å². The van der Waals surface area contributed by atoms with Crippen LogP contribution in [0.1, 0.15) is 10.4 Å². The molecule has 0 radical (unpaired) electrons. The van der Waals surface area contributed by atoms with Crippen LogP contribution in [0, 0.1) is 0 Å². The van der Waals surface area contributed by atoms with Gasteiger partial charge in [0.25, 0.3) is 0 Å². The Morgan fingerprint density at radius 3 is 2.22 bits per heavy atom. The summed E-state index contributed by atoms with van der Waals surface area (Å²) in [5, 5.41) is 0. The van der Waals surface area contributed by atoms with Crippen LogP contribution in [0.3, 0.4) is 0 Å². The molecule has 0 aliphatic heterocycles. The summed E-state index contributed by atoms with van der Waals surface area (Å²) < 4.78 is 39.4. The first-order chi connectivity index (χ1) is 8.28. The number of hydrogen-bond acceptors (Lipinski definition) is 3. The number of rotatable bonds is 4. The normalized spacial score (nSPS) is 11.6. The minimum absolute atomic E-state index is 0.290. The molecule has 0 fully saturated rings. The first-order valence-corrected chi connectivity index (χ1v) is 5.03. The van der Waals surface area contributed by atoms with Gasteiger partial charge in [-0.2, -0.15) is 0 Å². The molecule has 0 atom stereocenters. The Morgan fingerprint density at radius 1 is 1.22 bits per heavy atom. The van der Waals surface area contributed by atoms with Crippen molar-refractivity contribution in [3.05, 3.63) is 42.1 Å². The van der Waals surface area contributed by atoms with E-state index in [2.05, 4.69) is 4.74 Å². The maximum atomic E-state index is 11.9. The van der Waals surface area contributed by atoms with Crippen LogP contribution in [0.5, 0.6) is 5.75 Å². The lowest BCUT2D eigenvalue weighted by molar-refractivity contribution is -0.274. The van der Waals surface area contributed by atoms with Gasteiger partial charge in [0.05, 0.1) is 0 Å². The van der Waals surface area contributed by atoms with Crippen molar-refractivity contribution >= 4 is 5.78 Å². The molecule has 0 amide bonds. The third-order valence-corrected chi connectivity index (χ3v) is 1.90. The molecule has 18 heavy (non-hydrogen) atoms. The van der Waals surface area contributed by atoms with Crippen molar-refractivity contribution in [2.75, 3.05) is 14.1 Å². The molecule has 0 bridgehead atoms. The van der Waals surface area contributed by atoms with Crippen molar-refractivity contribution in [2.45, 2.75) is 6.36 Å². The number of ketones is 1. The van der Waals surface area contributed by atoms with Crippen molar-refractivity contribution in [3.8, 4) is 5.75 Å². The van der Waals surface area contributed by atoms with Crippen molar-refractivity contribution < 1.29 is 22.7 Å². The number of ether oxygens (including phenoxy) is 1. The van der Waals surface area contributed by atoms with Gasteiger partial charge in [-0.05, 0) is 24.3 Å². The topological polar surface area (TPSA) is 29.5 Å². The lowest BCUT2D eigenvalue weighted by Crippen LogP contribution is -2.17. The zero-order valence-corrected chi connectivity index (χ0v) is 9.86. The lowest BCUT2D eigenvalue weighted by atomic mass is 10.1. The smallest absolute Gasteiger partial charge is 0.406 e. The number of allylic oxidation sites excluding steroid dienone is 1. The third-order valence-electron chi connectivity index (χ3n) is 1.90. The fourth-order valence-electron chi connectivity index (χ4n) is 1.13. The van der Waals surface area contributed by atoms with Crippen LogP contribution < -0.4 is 4.74 Å². The van der Waals surface area contributed by atoms with Crippen LogP contribution in [-0.4, -0.2) is 31.1 Å². The quantitative estimate of drug-likeness (QED) is 0.615. The van der Waals surface area contributed by atoms with Gasteiger partial charge in [-0.3, -0.25) is 4.79 Å². The summed E-state index contributed by atoms with van der Waals surface area (Å²) in [4.78, 5) is 13.2. The zero-order valence-electron chi connectivity index (χ0n) is 9.86. The van der Waals surface area contributed by atoms with Gasteiger partial charge >= 0.3 is 6.36 Å². The Morgan fingerprint density at radius 2 is 1.78 bits per heavy atom. The van der Waals surface area contributed by atoms with Crippen LogP contribution in [0.25, 0.3) is 0 Å². The van der Waals surface area contributed by atoms with E-state index < -0.39 is 6.36 Å². The molecule has 0 aliphatic carbocycles. The molecule has 0 aliphatic rings. The van der Waals surface area contributed by atoms with Gasteiger partial charge in [0.1, 0.15) is 5.75 Å². The van der Waals surface area contributed by atoms with E-state index in [9.17, 15) is 18.0 Å². The number of benzene rings is 1. The Bertz CT molecular complexity index is 436. The molecule has 1 aromatic carbocycles. The van der Waals surface area contributed by atoms with Gasteiger partial charge in [0, 0.05) is 31.9 Å². The predicted octanol–water partition coefficient (Wildman–Crippen LogP) is 2.84. The van der Waals surface area contributed by atoms with E-state index in [0.717, 1.165) is 12.1 Å². The van der Waals surface area contributed by atoms with Gasteiger partial charge in [-0.15, -0.1) is 13.2 Å². The molecule has 0 aromatic heterocycles. The predicted molar refractivity (Wildman–Crippen MR) is 60.3 cm³/mol. The number of alkyl halides is 3. The fraction of sp³-hybridized carbons (Fsp3) is 0.250. The van der Waals surface area contributed by atoms with Crippen LogP contribution in [0.15, 0.2) is 36.5 Å². The van der Waals surface area contributed by atoms with Crippen molar-refractivity contribution in [3.63, 3.8) is 0 Å². The molecule has 98 valence electrons. The fourth-order valence-corrected chi connectivity index (χ4v) is 1.13. The standard InChI is InChI=1S/C12H12F3NO2/c1-16(2)8-7-11(17)9-3-5-10(6-4-9)18-12(13,14)15/h3-8H,1-2H3. The second-order valence-electron chi connectivity index (χ2n) is 3.72. The molecule has 0 N–H and O–H groups in total. The Kier molecular flexibility index (Phi) is 4.36. The van der Waals surface area contributed by atoms with E-state index in [1.165, 1.54) is 18.2 Å². The summed E-state index contributed by atoms with van der Waals surface area (Å²) in [5.74, 6) is -0.641. The average molecular weight is 259 g/mol. The van der Waals surface area contributed by atoms with Crippen molar-refractivity contribution in [2.24, 2.45) is 0 Å². The van der Waals surface area contributed by atoms with Crippen LogP contribution in [0.4, 0.5) is 13.2 Å². The minimum Gasteiger partial charge on any atom is -0.406 e. The zero-order chi connectivity index (χ0) is 13.8. The van der Waals surface area contributed by atoms with E-state index in [-0.39, 0.29) is 11.5 Å². The maximum absolute atomic E-state index is 11.9. The first kappa shape index (κ1) is 14.1. The summed E-state index contributed by atoms with van der Waals surface area (Å²) in [6.45, 7) is 0. The Labute approximate surface area is 102 Å². The van der Waals surface area contributed by atoms with Gasteiger partial charge in [-0.1, -0.05) is 0 Å². The van der Waals surface area contributed by atoms with Crippen LogP contribution in [-0.2, 0) is 0 Å². The molecular weight excluding hydrogens is 247 g/mol. The number of carbonyl (C=O) groups excluding carboxylic acids is 1. The number of nitrogens with zero attached hydrogens (tertiary/aromatic N) is 1. The SMILES string of the molecule is CN(C)C=CC(=O)c1ccc(OC(F)(F)F)cc1. The number of halogens is 3. The molecule has 0 saturated carbocycles. The van der Waals surface area contributed by atoms with E-state index in [1.807, 2.05) is 0 Å². The Hall–Kier alpha value is -1.98. The van der Waals surface area contributed by atoms with Gasteiger partial charge in [0.2, 0.25) is 0 Å². The number of hydrogen-bond donors (Lipinski definition) is 0. The van der Waals surface area contributed by atoms with E-state index in [0.29, 0.717) is 5.56 Å². The molecule has 0 heterocycles. The van der Waals surface area contributed by atoms with E-state index in [1.54, 1.807) is 25.2 Å². The molecule has 1 aromatic rings. The van der Waals surface area contributed by atoms with Gasteiger partial charge < -0.3 is 9.64 Å². The highest BCUT2D eigenvalue weighted by molar-refractivity contribution is 6.04. The lowest BCUT2D eigenvalue weighted by Gasteiger charge is -2.08. The average Bonchev–Trinajstić information content (AvgIpc) is 2.24. The van der Waals surface area contributed by atoms with Crippen molar-refractivity contribution in [1.82, 2.24) is 4.90 Å². The van der Waals surface area contributed by atoms with E-state index >= 15 is 0 Å². The summed E-state index contributed by atoms with van der Waals surface area (Å²) in [5.41, 5.74) is 0.294. The summed E-state index contributed by atoms with van der Waals surface area (Å²) in [6.07, 6.45) is -1.83.